The molecule has 1 amide bonds. The molecule has 0 spiro atoms. The largest absolute Gasteiger partial charge is 0.433 e. The molecule has 1 heterocycles. The van der Waals surface area contributed by atoms with Crippen LogP contribution in [0.25, 0.3) is 0 Å². The second-order valence-electron chi connectivity index (χ2n) is 5.07. The van der Waals surface area contributed by atoms with E-state index in [1.54, 1.807) is 18.2 Å². The molecule has 1 aromatic rings. The minimum absolute atomic E-state index is 0.00958. The average molecular weight is 354 g/mol. The van der Waals surface area contributed by atoms with Gasteiger partial charge in [0, 0.05) is 19.3 Å². The highest BCUT2D eigenvalue weighted by atomic mass is 19.4. The van der Waals surface area contributed by atoms with E-state index >= 15 is 0 Å². The van der Waals surface area contributed by atoms with Gasteiger partial charge in [0.25, 0.3) is 5.91 Å². The molecule has 0 saturated heterocycles. The minimum atomic E-state index is -4.76. The van der Waals surface area contributed by atoms with E-state index < -0.39 is 17.8 Å². The number of amides is 1. The number of rotatable bonds is 5. The van der Waals surface area contributed by atoms with E-state index in [9.17, 15) is 18.0 Å². The van der Waals surface area contributed by atoms with Crippen LogP contribution in [0.15, 0.2) is 58.0 Å². The SMILES string of the molecule is C=NN(/C(=C(\C)C1=C(C(=O)NC)CNO1)C(F)(F)F)c1ccccc1. The summed E-state index contributed by atoms with van der Waals surface area (Å²) in [6.45, 7) is 4.45. The maximum Gasteiger partial charge on any atom is 0.433 e. The Morgan fingerprint density at radius 3 is 2.52 bits per heavy atom. The lowest BCUT2D eigenvalue weighted by Gasteiger charge is -2.26. The molecule has 0 fully saturated rings. The summed E-state index contributed by atoms with van der Waals surface area (Å²) in [6, 6.07) is 7.77. The number of hydrogen-bond acceptors (Lipinski definition) is 5. The van der Waals surface area contributed by atoms with Crippen LogP contribution >= 0.6 is 0 Å². The van der Waals surface area contributed by atoms with Gasteiger partial charge >= 0.3 is 6.18 Å². The summed E-state index contributed by atoms with van der Waals surface area (Å²) in [5, 5.41) is 6.56. The Labute approximate surface area is 142 Å². The van der Waals surface area contributed by atoms with Gasteiger partial charge in [-0.1, -0.05) is 18.2 Å². The number of para-hydroxylation sites is 1. The standard InChI is InChI=1S/C16H17F3N4O2/c1-10(13-12(9-22-25-13)15(24)20-2)14(16(17,18)19)23(21-3)11-7-5-4-6-8-11/h4-8,22H,3,9H2,1-2H3,(H,20,24)/b14-10+. The number of anilines is 1. The van der Waals surface area contributed by atoms with Gasteiger partial charge in [0.1, 0.15) is 0 Å². The van der Waals surface area contributed by atoms with Crippen molar-refractivity contribution in [3.05, 3.63) is 52.9 Å². The molecule has 6 nitrogen and oxygen atoms in total. The number of hydroxylamine groups is 1. The summed E-state index contributed by atoms with van der Waals surface area (Å²) in [4.78, 5) is 16.9. The molecular formula is C16H17F3N4O2. The topological polar surface area (TPSA) is 66.0 Å². The van der Waals surface area contributed by atoms with Gasteiger partial charge in [-0.15, -0.1) is 0 Å². The zero-order chi connectivity index (χ0) is 18.6. The highest BCUT2D eigenvalue weighted by molar-refractivity contribution is 5.95. The predicted octanol–water partition coefficient (Wildman–Crippen LogP) is 2.48. The summed E-state index contributed by atoms with van der Waals surface area (Å²) in [5.74, 6) is -0.713. The molecule has 0 radical (unpaired) electrons. The Balaban J connectivity index is 2.66. The zero-order valence-corrected chi connectivity index (χ0v) is 13.6. The number of hydrazone groups is 1. The van der Waals surface area contributed by atoms with E-state index in [1.807, 2.05) is 0 Å². The normalized spacial score (nSPS) is 15.4. The number of likely N-dealkylation sites (N-methyl/N-ethyl adjacent to an activating group) is 1. The highest BCUT2D eigenvalue weighted by Crippen LogP contribution is 2.37. The van der Waals surface area contributed by atoms with Crippen LogP contribution < -0.4 is 15.8 Å². The first kappa shape index (κ1) is 18.5. The first-order valence-corrected chi connectivity index (χ1v) is 7.26. The van der Waals surface area contributed by atoms with Crippen LogP contribution in [-0.4, -0.2) is 32.4 Å². The minimum Gasteiger partial charge on any atom is -0.408 e. The molecule has 134 valence electrons. The summed E-state index contributed by atoms with van der Waals surface area (Å²) in [6.07, 6.45) is -4.76. The molecule has 0 saturated carbocycles. The summed E-state index contributed by atoms with van der Waals surface area (Å²) in [5.41, 5.74) is 1.29. The van der Waals surface area contributed by atoms with Crippen molar-refractivity contribution in [1.82, 2.24) is 10.8 Å². The smallest absolute Gasteiger partial charge is 0.408 e. The fourth-order valence-corrected chi connectivity index (χ4v) is 2.41. The number of carbonyl (C=O) groups is 1. The van der Waals surface area contributed by atoms with Crippen LogP contribution in [0.1, 0.15) is 6.92 Å². The number of nitrogens with one attached hydrogen (secondary N) is 2. The Bertz CT molecular complexity index is 727. The van der Waals surface area contributed by atoms with Gasteiger partial charge in [0.15, 0.2) is 11.5 Å². The monoisotopic (exact) mass is 354 g/mol. The van der Waals surface area contributed by atoms with Crippen LogP contribution in [-0.2, 0) is 9.63 Å². The predicted molar refractivity (Wildman–Crippen MR) is 87.4 cm³/mol. The third-order valence-corrected chi connectivity index (χ3v) is 3.52. The lowest BCUT2D eigenvalue weighted by atomic mass is 10.1. The molecule has 2 N–H and O–H groups in total. The molecule has 1 aliphatic rings. The van der Waals surface area contributed by atoms with Gasteiger partial charge in [-0.25, -0.2) is 5.01 Å². The van der Waals surface area contributed by atoms with Gasteiger partial charge in [-0.2, -0.15) is 23.8 Å². The van der Waals surface area contributed by atoms with E-state index in [2.05, 4.69) is 22.6 Å². The second-order valence-corrected chi connectivity index (χ2v) is 5.07. The Morgan fingerprint density at radius 1 is 1.36 bits per heavy atom. The van der Waals surface area contributed by atoms with Crippen LogP contribution in [0, 0.1) is 0 Å². The number of halogens is 3. The fraction of sp³-hybridized carbons (Fsp3) is 0.250. The van der Waals surface area contributed by atoms with E-state index in [1.165, 1.54) is 26.1 Å². The number of carbonyl (C=O) groups excluding carboxylic acids is 1. The van der Waals surface area contributed by atoms with E-state index in [0.29, 0.717) is 5.01 Å². The maximum absolute atomic E-state index is 13.8. The molecule has 2 rings (SSSR count). The molecule has 1 aromatic carbocycles. The van der Waals surface area contributed by atoms with Crippen molar-refractivity contribution in [3.8, 4) is 0 Å². The highest BCUT2D eigenvalue weighted by Gasteiger charge is 2.42. The number of benzene rings is 1. The molecule has 0 unspecified atom stereocenters. The molecule has 0 atom stereocenters. The van der Waals surface area contributed by atoms with Gasteiger partial charge in [0.05, 0.1) is 17.8 Å². The molecule has 9 heteroatoms. The van der Waals surface area contributed by atoms with E-state index in [0.717, 1.165) is 0 Å². The average Bonchev–Trinajstić information content (AvgIpc) is 3.07. The van der Waals surface area contributed by atoms with Crippen LogP contribution in [0.5, 0.6) is 0 Å². The van der Waals surface area contributed by atoms with Crippen LogP contribution in [0.4, 0.5) is 18.9 Å². The van der Waals surface area contributed by atoms with Crippen LogP contribution in [0.3, 0.4) is 0 Å². The zero-order valence-electron chi connectivity index (χ0n) is 13.6. The first-order chi connectivity index (χ1) is 11.8. The molecule has 25 heavy (non-hydrogen) atoms. The number of allylic oxidation sites excluding steroid dienone is 2. The maximum atomic E-state index is 13.8. The molecular weight excluding hydrogens is 337 g/mol. The Hall–Kier alpha value is -2.81. The molecule has 1 aliphatic heterocycles. The number of nitrogens with zero attached hydrogens (tertiary/aromatic N) is 2. The molecule has 0 aromatic heterocycles. The van der Waals surface area contributed by atoms with Crippen molar-refractivity contribution in [3.63, 3.8) is 0 Å². The summed E-state index contributed by atoms with van der Waals surface area (Å²) >= 11 is 0. The Kier molecular flexibility index (Phi) is 5.48. The van der Waals surface area contributed by atoms with E-state index in [-0.39, 0.29) is 29.1 Å². The second kappa shape index (κ2) is 7.39. The van der Waals surface area contributed by atoms with E-state index in [4.69, 9.17) is 4.84 Å². The van der Waals surface area contributed by atoms with Gasteiger partial charge in [-0.3, -0.25) is 4.79 Å². The summed E-state index contributed by atoms with van der Waals surface area (Å²) in [7, 11) is 1.39. The fourth-order valence-electron chi connectivity index (χ4n) is 2.41. The van der Waals surface area contributed by atoms with Crippen LogP contribution in [0.2, 0.25) is 0 Å². The molecule has 0 aliphatic carbocycles. The van der Waals surface area contributed by atoms with Crippen molar-refractivity contribution in [1.29, 1.82) is 0 Å². The van der Waals surface area contributed by atoms with Gasteiger partial charge in [0.2, 0.25) is 0 Å². The van der Waals surface area contributed by atoms with Gasteiger partial charge < -0.3 is 10.2 Å². The lowest BCUT2D eigenvalue weighted by molar-refractivity contribution is -0.117. The Morgan fingerprint density at radius 2 is 2.00 bits per heavy atom. The number of alkyl halides is 3. The van der Waals surface area contributed by atoms with Crippen molar-refractivity contribution < 1.29 is 22.8 Å². The first-order valence-electron chi connectivity index (χ1n) is 7.26. The molecule has 0 bridgehead atoms. The lowest BCUT2D eigenvalue weighted by Crippen LogP contribution is -2.30. The summed E-state index contributed by atoms with van der Waals surface area (Å²) < 4.78 is 41.3. The van der Waals surface area contributed by atoms with Crippen molar-refractivity contribution in [2.45, 2.75) is 13.1 Å². The third-order valence-electron chi connectivity index (χ3n) is 3.52. The van der Waals surface area contributed by atoms with Crippen molar-refractivity contribution in [2.75, 3.05) is 18.6 Å². The number of hydrogen-bond donors (Lipinski definition) is 2. The van der Waals surface area contributed by atoms with Gasteiger partial charge in [-0.05, 0) is 19.1 Å². The third kappa shape index (κ3) is 3.82. The van der Waals surface area contributed by atoms with Crippen molar-refractivity contribution in [2.24, 2.45) is 5.10 Å². The van der Waals surface area contributed by atoms with Crippen molar-refractivity contribution >= 4 is 18.3 Å². The quantitative estimate of drug-likeness (QED) is 0.630.